The summed E-state index contributed by atoms with van der Waals surface area (Å²) in [6, 6.07) is 9.71. The second-order valence-corrected chi connectivity index (χ2v) is 8.21. The van der Waals surface area contributed by atoms with E-state index in [-0.39, 0.29) is 18.4 Å². The number of carbonyl (C=O) groups is 1. The van der Waals surface area contributed by atoms with Crippen molar-refractivity contribution in [3.05, 3.63) is 47.3 Å². The Morgan fingerprint density at radius 1 is 1.23 bits per heavy atom. The maximum atomic E-state index is 13.1. The van der Waals surface area contributed by atoms with Crippen LogP contribution in [0.2, 0.25) is 0 Å². The van der Waals surface area contributed by atoms with Crippen LogP contribution in [-0.4, -0.2) is 74.1 Å². The van der Waals surface area contributed by atoms with E-state index in [0.29, 0.717) is 49.1 Å². The van der Waals surface area contributed by atoms with Gasteiger partial charge in [-0.3, -0.25) is 4.79 Å². The lowest BCUT2D eigenvalue weighted by Crippen LogP contribution is -2.39. The Morgan fingerprint density at radius 2 is 2.03 bits per heavy atom. The molecule has 1 amide bonds. The standard InChI is InChI=1S/C20H23N7O3/c1-13-17(14(2)30-22-13)18(29)25-8-15-9-26(11-20(15,10-25)12-28)19-21-23-24-27(19)16-6-4-3-5-7-16/h3-7,15,28H,8-12H2,1-2H3/t15-,20+/m1/s1. The van der Waals surface area contributed by atoms with E-state index in [1.54, 1.807) is 18.5 Å². The third-order valence-electron chi connectivity index (χ3n) is 6.35. The number of benzene rings is 1. The fourth-order valence-corrected chi connectivity index (χ4v) is 4.77. The zero-order valence-electron chi connectivity index (χ0n) is 16.9. The monoisotopic (exact) mass is 409 g/mol. The number of likely N-dealkylation sites (tertiary alicyclic amines) is 1. The molecule has 0 saturated carbocycles. The van der Waals surface area contributed by atoms with Gasteiger partial charge >= 0.3 is 0 Å². The summed E-state index contributed by atoms with van der Waals surface area (Å²) in [6.45, 7) is 5.79. The van der Waals surface area contributed by atoms with E-state index in [9.17, 15) is 9.90 Å². The van der Waals surface area contributed by atoms with Crippen LogP contribution in [0, 0.1) is 25.2 Å². The van der Waals surface area contributed by atoms with E-state index < -0.39 is 5.41 Å². The Morgan fingerprint density at radius 3 is 2.70 bits per heavy atom. The molecule has 2 aliphatic heterocycles. The summed E-state index contributed by atoms with van der Waals surface area (Å²) in [4.78, 5) is 17.0. The number of hydrogen-bond acceptors (Lipinski definition) is 8. The molecule has 3 aromatic rings. The summed E-state index contributed by atoms with van der Waals surface area (Å²) in [5, 5.41) is 26.4. The number of aliphatic hydroxyl groups excluding tert-OH is 1. The fraction of sp³-hybridized carbons (Fsp3) is 0.450. The quantitative estimate of drug-likeness (QED) is 0.674. The SMILES string of the molecule is Cc1noc(C)c1C(=O)N1C[C@@H]2CN(c3nnnn3-c3ccccc3)C[C@]2(CO)C1. The van der Waals surface area contributed by atoms with Crippen LogP contribution in [0.4, 0.5) is 5.95 Å². The predicted molar refractivity (Wildman–Crippen MR) is 106 cm³/mol. The number of nitrogens with zero attached hydrogens (tertiary/aromatic N) is 7. The van der Waals surface area contributed by atoms with Crippen molar-refractivity contribution in [2.75, 3.05) is 37.7 Å². The van der Waals surface area contributed by atoms with Gasteiger partial charge in [0.1, 0.15) is 11.3 Å². The van der Waals surface area contributed by atoms with Crippen molar-refractivity contribution in [2.24, 2.45) is 11.3 Å². The van der Waals surface area contributed by atoms with Gasteiger partial charge in [0.05, 0.1) is 18.0 Å². The smallest absolute Gasteiger partial charge is 0.259 e. The molecule has 0 aliphatic carbocycles. The Balaban J connectivity index is 1.38. The first-order valence-corrected chi connectivity index (χ1v) is 9.94. The van der Waals surface area contributed by atoms with Crippen LogP contribution >= 0.6 is 0 Å². The van der Waals surface area contributed by atoms with Crippen LogP contribution in [0.5, 0.6) is 0 Å². The van der Waals surface area contributed by atoms with Crippen molar-refractivity contribution >= 4 is 11.9 Å². The lowest BCUT2D eigenvalue weighted by molar-refractivity contribution is 0.0745. The normalized spacial score (nSPS) is 23.2. The molecule has 4 heterocycles. The average Bonchev–Trinajstić information content (AvgIpc) is 3.50. The van der Waals surface area contributed by atoms with Gasteiger partial charge in [-0.05, 0) is 36.4 Å². The Bertz CT molecular complexity index is 1060. The first kappa shape index (κ1) is 18.7. The van der Waals surface area contributed by atoms with Crippen LogP contribution in [-0.2, 0) is 0 Å². The number of amides is 1. The number of aromatic nitrogens is 5. The van der Waals surface area contributed by atoms with Crippen LogP contribution in [0.3, 0.4) is 0 Å². The number of anilines is 1. The van der Waals surface area contributed by atoms with E-state index in [0.717, 1.165) is 5.69 Å². The van der Waals surface area contributed by atoms with Crippen LogP contribution in [0.15, 0.2) is 34.9 Å². The average molecular weight is 409 g/mol. The van der Waals surface area contributed by atoms with Crippen molar-refractivity contribution in [1.29, 1.82) is 0 Å². The number of para-hydroxylation sites is 1. The van der Waals surface area contributed by atoms with Crippen molar-refractivity contribution in [3.63, 3.8) is 0 Å². The molecule has 2 fully saturated rings. The minimum atomic E-state index is -0.415. The number of aliphatic hydroxyl groups is 1. The predicted octanol–water partition coefficient (Wildman–Crippen LogP) is 0.838. The van der Waals surface area contributed by atoms with E-state index in [4.69, 9.17) is 4.52 Å². The number of tetrazole rings is 1. The first-order valence-electron chi connectivity index (χ1n) is 9.94. The van der Waals surface area contributed by atoms with Gasteiger partial charge < -0.3 is 19.4 Å². The first-order chi connectivity index (χ1) is 14.5. The molecule has 5 rings (SSSR count). The van der Waals surface area contributed by atoms with Gasteiger partial charge in [-0.15, -0.1) is 0 Å². The van der Waals surface area contributed by atoms with Crippen molar-refractivity contribution in [2.45, 2.75) is 13.8 Å². The molecule has 2 aromatic heterocycles. The zero-order valence-corrected chi connectivity index (χ0v) is 16.9. The van der Waals surface area contributed by atoms with E-state index >= 15 is 0 Å². The molecule has 10 nitrogen and oxygen atoms in total. The summed E-state index contributed by atoms with van der Waals surface area (Å²) < 4.78 is 6.87. The summed E-state index contributed by atoms with van der Waals surface area (Å²) in [6.07, 6.45) is 0. The maximum absolute atomic E-state index is 13.1. The zero-order chi connectivity index (χ0) is 20.9. The molecule has 0 spiro atoms. The summed E-state index contributed by atoms with van der Waals surface area (Å²) in [5.74, 6) is 1.20. The Kier molecular flexibility index (Phi) is 4.31. The number of rotatable bonds is 4. The largest absolute Gasteiger partial charge is 0.396 e. The second kappa shape index (κ2) is 6.91. The van der Waals surface area contributed by atoms with Crippen molar-refractivity contribution < 1.29 is 14.4 Å². The molecule has 0 bridgehead atoms. The third-order valence-corrected chi connectivity index (χ3v) is 6.35. The molecule has 1 N–H and O–H groups in total. The van der Waals surface area contributed by atoms with E-state index in [1.165, 1.54) is 0 Å². The summed E-state index contributed by atoms with van der Waals surface area (Å²) in [7, 11) is 0. The molecule has 1 aromatic carbocycles. The van der Waals surface area contributed by atoms with Gasteiger partial charge in [0.2, 0.25) is 5.95 Å². The highest BCUT2D eigenvalue weighted by Crippen LogP contribution is 2.44. The highest BCUT2D eigenvalue weighted by molar-refractivity contribution is 5.96. The minimum Gasteiger partial charge on any atom is -0.396 e. The lowest BCUT2D eigenvalue weighted by atomic mass is 9.82. The third kappa shape index (κ3) is 2.78. The van der Waals surface area contributed by atoms with Crippen molar-refractivity contribution in [3.8, 4) is 5.69 Å². The van der Waals surface area contributed by atoms with Crippen LogP contribution in [0.25, 0.3) is 5.69 Å². The van der Waals surface area contributed by atoms with Gasteiger partial charge in [-0.1, -0.05) is 28.5 Å². The van der Waals surface area contributed by atoms with Gasteiger partial charge in [-0.25, -0.2) is 0 Å². The van der Waals surface area contributed by atoms with Crippen molar-refractivity contribution in [1.82, 2.24) is 30.3 Å². The fourth-order valence-electron chi connectivity index (χ4n) is 4.77. The molecule has 0 unspecified atom stereocenters. The number of hydrogen-bond donors (Lipinski definition) is 1. The molecule has 2 aliphatic rings. The van der Waals surface area contributed by atoms with Crippen LogP contribution in [0.1, 0.15) is 21.8 Å². The summed E-state index contributed by atoms with van der Waals surface area (Å²) >= 11 is 0. The lowest BCUT2D eigenvalue weighted by Gasteiger charge is -2.27. The van der Waals surface area contributed by atoms with Gasteiger partial charge in [0.15, 0.2) is 0 Å². The highest BCUT2D eigenvalue weighted by Gasteiger charge is 2.54. The Labute approximate surface area is 173 Å². The molecule has 156 valence electrons. The number of aryl methyl sites for hydroxylation is 2. The van der Waals surface area contributed by atoms with Crippen LogP contribution < -0.4 is 4.90 Å². The van der Waals surface area contributed by atoms with Gasteiger partial charge in [-0.2, -0.15) is 4.68 Å². The molecule has 30 heavy (non-hydrogen) atoms. The molecule has 2 saturated heterocycles. The summed E-state index contributed by atoms with van der Waals surface area (Å²) in [5.41, 5.74) is 1.58. The van der Waals surface area contributed by atoms with Gasteiger partial charge in [0.25, 0.3) is 5.91 Å². The highest BCUT2D eigenvalue weighted by atomic mass is 16.5. The van der Waals surface area contributed by atoms with Gasteiger partial charge in [0, 0.05) is 37.5 Å². The Hall–Kier alpha value is -3.27. The molecule has 2 atom stereocenters. The molecule has 10 heteroatoms. The van der Waals surface area contributed by atoms with E-state index in [2.05, 4.69) is 25.6 Å². The minimum absolute atomic E-state index is 0.00749. The number of carbonyl (C=O) groups excluding carboxylic acids is 1. The number of fused-ring (bicyclic) bond motifs is 1. The molecule has 0 radical (unpaired) electrons. The second-order valence-electron chi connectivity index (χ2n) is 8.21. The molecular formula is C20H23N7O3. The van der Waals surface area contributed by atoms with E-state index in [1.807, 2.05) is 35.2 Å². The topological polar surface area (TPSA) is 113 Å². The maximum Gasteiger partial charge on any atom is 0.259 e. The molecular weight excluding hydrogens is 386 g/mol.